The third-order valence-corrected chi connectivity index (χ3v) is 4.48. The highest BCUT2D eigenvalue weighted by atomic mass is 16.5. The van der Waals surface area contributed by atoms with Crippen molar-refractivity contribution in [2.75, 3.05) is 0 Å². The van der Waals surface area contributed by atoms with Crippen LogP contribution in [0.25, 0.3) is 33.3 Å². The molecule has 0 radical (unpaired) electrons. The molecule has 0 spiro atoms. The summed E-state index contributed by atoms with van der Waals surface area (Å²) >= 11 is 0. The fourth-order valence-corrected chi connectivity index (χ4v) is 3.22. The van der Waals surface area contributed by atoms with Crippen LogP contribution in [0.15, 0.2) is 41.4 Å². The van der Waals surface area contributed by atoms with Crippen molar-refractivity contribution in [1.82, 2.24) is 19.7 Å². The molecule has 0 N–H and O–H groups in total. The van der Waals surface area contributed by atoms with Gasteiger partial charge in [-0.3, -0.25) is 4.98 Å². The molecule has 1 aromatic carbocycles. The van der Waals surface area contributed by atoms with E-state index in [0.29, 0.717) is 0 Å². The maximum absolute atomic E-state index is 5.36. The van der Waals surface area contributed by atoms with E-state index >= 15 is 0 Å². The molecular formula is C19H18N4O. The Kier molecular flexibility index (Phi) is 3.23. The monoisotopic (exact) mass is 318 g/mol. The molecule has 24 heavy (non-hydrogen) atoms. The third kappa shape index (κ3) is 2.12. The molecule has 120 valence electrons. The summed E-state index contributed by atoms with van der Waals surface area (Å²) in [6, 6.07) is 6.32. The molecule has 0 amide bonds. The molecule has 3 heterocycles. The van der Waals surface area contributed by atoms with Gasteiger partial charge in [-0.25, -0.2) is 4.98 Å². The summed E-state index contributed by atoms with van der Waals surface area (Å²) in [5.74, 6) is 0.822. The Bertz CT molecular complexity index is 1040. The zero-order chi connectivity index (χ0) is 16.8. The largest absolute Gasteiger partial charge is 0.361 e. The van der Waals surface area contributed by atoms with E-state index < -0.39 is 0 Å². The normalized spacial score (nSPS) is 11.3. The van der Waals surface area contributed by atoms with Gasteiger partial charge in [-0.15, -0.1) is 0 Å². The summed E-state index contributed by atoms with van der Waals surface area (Å²) in [4.78, 5) is 8.90. The first-order valence-corrected chi connectivity index (χ1v) is 7.85. The number of hydrogen-bond donors (Lipinski definition) is 0. The highest BCUT2D eigenvalue weighted by Gasteiger charge is 2.17. The number of fused-ring (bicyclic) bond motifs is 1. The number of aromatic nitrogens is 4. The number of aryl methyl sites for hydroxylation is 4. The van der Waals surface area contributed by atoms with Crippen LogP contribution in [0.4, 0.5) is 0 Å². The van der Waals surface area contributed by atoms with Crippen molar-refractivity contribution in [2.45, 2.75) is 20.8 Å². The molecule has 0 saturated heterocycles. The first kappa shape index (κ1) is 14.6. The van der Waals surface area contributed by atoms with Gasteiger partial charge in [-0.2, -0.15) is 0 Å². The Hall–Kier alpha value is -2.95. The van der Waals surface area contributed by atoms with Crippen LogP contribution in [0.3, 0.4) is 0 Å². The van der Waals surface area contributed by atoms with Crippen LogP contribution in [-0.4, -0.2) is 19.7 Å². The summed E-state index contributed by atoms with van der Waals surface area (Å²) in [5, 5.41) is 4.09. The fourth-order valence-electron chi connectivity index (χ4n) is 3.22. The molecule has 0 saturated carbocycles. The first-order valence-electron chi connectivity index (χ1n) is 7.85. The number of pyridine rings is 1. The van der Waals surface area contributed by atoms with Gasteiger partial charge in [0.1, 0.15) is 5.76 Å². The molecule has 0 aliphatic rings. The molecule has 3 aromatic heterocycles. The van der Waals surface area contributed by atoms with Gasteiger partial charge in [0.05, 0.1) is 23.1 Å². The van der Waals surface area contributed by atoms with E-state index in [1.807, 2.05) is 50.2 Å². The molecule has 4 aromatic rings. The van der Waals surface area contributed by atoms with E-state index in [4.69, 9.17) is 4.52 Å². The van der Waals surface area contributed by atoms with Gasteiger partial charge in [0.2, 0.25) is 0 Å². The molecule has 0 unspecified atom stereocenters. The number of hydrogen-bond acceptors (Lipinski definition) is 4. The van der Waals surface area contributed by atoms with Crippen molar-refractivity contribution in [3.8, 4) is 22.3 Å². The summed E-state index contributed by atoms with van der Waals surface area (Å²) in [7, 11) is 2.01. The van der Waals surface area contributed by atoms with Crippen molar-refractivity contribution in [2.24, 2.45) is 7.05 Å². The second-order valence-corrected chi connectivity index (χ2v) is 6.14. The van der Waals surface area contributed by atoms with Gasteiger partial charge >= 0.3 is 0 Å². The average molecular weight is 318 g/mol. The summed E-state index contributed by atoms with van der Waals surface area (Å²) < 4.78 is 7.39. The van der Waals surface area contributed by atoms with Crippen LogP contribution < -0.4 is 0 Å². The van der Waals surface area contributed by atoms with Crippen LogP contribution in [0.2, 0.25) is 0 Å². The van der Waals surface area contributed by atoms with Crippen LogP contribution in [0.5, 0.6) is 0 Å². The Morgan fingerprint density at radius 2 is 1.92 bits per heavy atom. The van der Waals surface area contributed by atoms with E-state index in [0.717, 1.165) is 44.7 Å². The summed E-state index contributed by atoms with van der Waals surface area (Å²) in [5.41, 5.74) is 8.41. The quantitative estimate of drug-likeness (QED) is 0.555. The molecule has 5 heteroatoms. The fraction of sp³-hybridized carbons (Fsp3) is 0.211. The molecular weight excluding hydrogens is 300 g/mol. The minimum atomic E-state index is 0.822. The van der Waals surface area contributed by atoms with Crippen LogP contribution in [0, 0.1) is 20.8 Å². The molecule has 0 fully saturated rings. The van der Waals surface area contributed by atoms with Crippen LogP contribution in [0.1, 0.15) is 17.0 Å². The summed E-state index contributed by atoms with van der Waals surface area (Å²) in [6.07, 6.45) is 5.56. The molecule has 0 aliphatic heterocycles. The summed E-state index contributed by atoms with van der Waals surface area (Å²) in [6.45, 7) is 6.00. The highest BCUT2D eigenvalue weighted by Crippen LogP contribution is 2.36. The lowest BCUT2D eigenvalue weighted by Gasteiger charge is -2.10. The Balaban J connectivity index is 2.08. The maximum atomic E-state index is 5.36. The van der Waals surface area contributed by atoms with Crippen LogP contribution >= 0.6 is 0 Å². The average Bonchev–Trinajstić information content (AvgIpc) is 3.10. The van der Waals surface area contributed by atoms with E-state index in [9.17, 15) is 0 Å². The number of rotatable bonds is 2. The van der Waals surface area contributed by atoms with Gasteiger partial charge in [0.15, 0.2) is 0 Å². The minimum Gasteiger partial charge on any atom is -0.361 e. The Morgan fingerprint density at radius 3 is 2.62 bits per heavy atom. The van der Waals surface area contributed by atoms with E-state index in [1.54, 1.807) is 0 Å². The molecule has 4 rings (SSSR count). The molecule has 0 aliphatic carbocycles. The second kappa shape index (κ2) is 5.30. The van der Waals surface area contributed by atoms with E-state index in [2.05, 4.69) is 34.2 Å². The number of imidazole rings is 1. The Labute approximate surface area is 140 Å². The standard InChI is InChI=1S/C19H18N4O/c1-11-5-6-20-9-16(11)15-7-14(18-12(2)22-24-13(18)3)8-17-19(15)21-10-23(17)4/h5-10H,1-4H3. The lowest BCUT2D eigenvalue weighted by molar-refractivity contribution is 0.393. The van der Waals surface area contributed by atoms with Crippen molar-refractivity contribution in [1.29, 1.82) is 0 Å². The maximum Gasteiger partial charge on any atom is 0.141 e. The van der Waals surface area contributed by atoms with Crippen LogP contribution in [-0.2, 0) is 7.05 Å². The van der Waals surface area contributed by atoms with E-state index in [-0.39, 0.29) is 0 Å². The van der Waals surface area contributed by atoms with Gasteiger partial charge < -0.3 is 9.09 Å². The number of nitrogens with zero attached hydrogens (tertiary/aromatic N) is 4. The predicted octanol–water partition coefficient (Wildman–Crippen LogP) is 4.22. The van der Waals surface area contributed by atoms with E-state index in [1.165, 1.54) is 5.56 Å². The molecule has 0 atom stereocenters. The number of benzene rings is 1. The molecule has 0 bridgehead atoms. The Morgan fingerprint density at radius 1 is 1.08 bits per heavy atom. The first-order chi connectivity index (χ1) is 11.6. The third-order valence-electron chi connectivity index (χ3n) is 4.48. The molecule has 5 nitrogen and oxygen atoms in total. The van der Waals surface area contributed by atoms with Gasteiger partial charge in [-0.05, 0) is 50.1 Å². The SMILES string of the molecule is Cc1ccncc1-c1cc(-c2c(C)noc2C)cc2c1ncn2C. The van der Waals surface area contributed by atoms with Gasteiger partial charge in [-0.1, -0.05) is 5.16 Å². The van der Waals surface area contributed by atoms with Crippen molar-refractivity contribution in [3.63, 3.8) is 0 Å². The zero-order valence-corrected chi connectivity index (χ0v) is 14.2. The van der Waals surface area contributed by atoms with Gasteiger partial charge in [0, 0.05) is 36.1 Å². The zero-order valence-electron chi connectivity index (χ0n) is 14.2. The highest BCUT2D eigenvalue weighted by molar-refractivity contribution is 5.97. The topological polar surface area (TPSA) is 56.7 Å². The minimum absolute atomic E-state index is 0.822. The second-order valence-electron chi connectivity index (χ2n) is 6.14. The lowest BCUT2D eigenvalue weighted by Crippen LogP contribution is -1.91. The van der Waals surface area contributed by atoms with Crippen molar-refractivity contribution < 1.29 is 4.52 Å². The van der Waals surface area contributed by atoms with Crippen molar-refractivity contribution >= 4 is 11.0 Å². The lowest BCUT2D eigenvalue weighted by atomic mass is 9.95. The van der Waals surface area contributed by atoms with Gasteiger partial charge in [0.25, 0.3) is 0 Å². The smallest absolute Gasteiger partial charge is 0.141 e. The van der Waals surface area contributed by atoms with Crippen molar-refractivity contribution in [3.05, 3.63) is 53.9 Å². The predicted molar refractivity (Wildman–Crippen MR) is 93.7 cm³/mol.